The third-order valence-corrected chi connectivity index (χ3v) is 5.85. The van der Waals surface area contributed by atoms with E-state index in [0.29, 0.717) is 20.9 Å². The van der Waals surface area contributed by atoms with Crippen molar-refractivity contribution in [2.75, 3.05) is 5.32 Å². The minimum Gasteiger partial charge on any atom is -0.317 e. The summed E-state index contributed by atoms with van der Waals surface area (Å²) >= 11 is 6.97. The van der Waals surface area contributed by atoms with E-state index in [1.165, 1.54) is 29.7 Å². The first-order valence-corrected chi connectivity index (χ1v) is 10.1. The topological polar surface area (TPSA) is 68.2 Å². The predicted octanol–water partition coefficient (Wildman–Crippen LogP) is 5.03. The van der Waals surface area contributed by atoms with Gasteiger partial charge in [0.2, 0.25) is 5.91 Å². The Bertz CT molecular complexity index is 1360. The molecular formula is C22H14ClFN2O3S. The maximum absolute atomic E-state index is 13.6. The van der Waals surface area contributed by atoms with Gasteiger partial charge in [0, 0.05) is 23.9 Å². The molecule has 150 valence electrons. The molecule has 30 heavy (non-hydrogen) atoms. The minimum atomic E-state index is -0.636. The Morgan fingerprint density at radius 3 is 2.47 bits per heavy atom. The van der Waals surface area contributed by atoms with Gasteiger partial charge < -0.3 is 5.32 Å². The second kappa shape index (κ2) is 7.85. The molecule has 0 fully saturated rings. The maximum Gasteiger partial charge on any atom is 0.256 e. The largest absolute Gasteiger partial charge is 0.317 e. The van der Waals surface area contributed by atoms with Gasteiger partial charge in [-0.25, -0.2) is 4.39 Å². The molecule has 1 amide bonds. The number of carbonyl (C=O) groups is 2. The number of anilines is 1. The molecule has 4 rings (SSSR count). The van der Waals surface area contributed by atoms with Crippen molar-refractivity contribution in [2.24, 2.45) is 0 Å². The second-order valence-electron chi connectivity index (χ2n) is 6.51. The zero-order valence-electron chi connectivity index (χ0n) is 15.6. The molecule has 1 N–H and O–H groups in total. The standard InChI is InChI=1S/C22H14ClFN2O3S/c1-12(27)25-21-19(20(29)13-7-9-17(24)16(23)11-13)15-8-10-18(28)26(22(15)30-21)14-5-3-2-4-6-14/h2-11H,1H3,(H,25,27). The van der Waals surface area contributed by atoms with E-state index in [1.807, 2.05) is 6.07 Å². The van der Waals surface area contributed by atoms with E-state index in [1.54, 1.807) is 30.3 Å². The number of nitrogens with one attached hydrogen (secondary N) is 1. The van der Waals surface area contributed by atoms with Crippen LogP contribution in [-0.4, -0.2) is 16.3 Å². The van der Waals surface area contributed by atoms with E-state index >= 15 is 0 Å². The highest BCUT2D eigenvalue weighted by Crippen LogP contribution is 2.37. The van der Waals surface area contributed by atoms with E-state index in [-0.39, 0.29) is 27.6 Å². The quantitative estimate of drug-likeness (QED) is 0.452. The number of rotatable bonds is 4. The normalized spacial score (nSPS) is 10.9. The number of fused-ring (bicyclic) bond motifs is 1. The van der Waals surface area contributed by atoms with E-state index < -0.39 is 11.6 Å². The van der Waals surface area contributed by atoms with Crippen molar-refractivity contribution in [1.82, 2.24) is 4.57 Å². The third-order valence-electron chi connectivity index (χ3n) is 4.45. The Labute approximate surface area is 179 Å². The smallest absolute Gasteiger partial charge is 0.256 e. The molecule has 0 aliphatic rings. The Morgan fingerprint density at radius 2 is 1.80 bits per heavy atom. The number of para-hydroxylation sites is 1. The lowest BCUT2D eigenvalue weighted by atomic mass is 10.0. The number of amides is 1. The molecule has 0 radical (unpaired) electrons. The van der Waals surface area contributed by atoms with Crippen LogP contribution < -0.4 is 10.9 Å². The lowest BCUT2D eigenvalue weighted by Gasteiger charge is -2.07. The molecule has 0 aliphatic carbocycles. The van der Waals surface area contributed by atoms with Crippen molar-refractivity contribution in [3.63, 3.8) is 0 Å². The first-order chi connectivity index (χ1) is 14.4. The average molecular weight is 441 g/mol. The zero-order chi connectivity index (χ0) is 21.4. The van der Waals surface area contributed by atoms with E-state index in [0.717, 1.165) is 17.4 Å². The number of nitrogens with zero attached hydrogens (tertiary/aromatic N) is 1. The van der Waals surface area contributed by atoms with Gasteiger partial charge in [-0.1, -0.05) is 41.1 Å². The van der Waals surface area contributed by atoms with Gasteiger partial charge in [0.25, 0.3) is 5.56 Å². The summed E-state index contributed by atoms with van der Waals surface area (Å²) in [5.41, 5.74) is 0.753. The van der Waals surface area contributed by atoms with Crippen LogP contribution in [0.1, 0.15) is 22.8 Å². The maximum atomic E-state index is 13.6. The third kappa shape index (κ3) is 3.53. The van der Waals surface area contributed by atoms with E-state index in [9.17, 15) is 18.8 Å². The number of thiophene rings is 1. The molecule has 2 heterocycles. The molecular weight excluding hydrogens is 427 g/mol. The molecule has 0 bridgehead atoms. The SMILES string of the molecule is CC(=O)Nc1sc2c(ccc(=O)n2-c2ccccc2)c1C(=O)c1ccc(F)c(Cl)c1. The van der Waals surface area contributed by atoms with Crippen LogP contribution >= 0.6 is 22.9 Å². The van der Waals surface area contributed by atoms with E-state index in [2.05, 4.69) is 5.32 Å². The Kier molecular flexibility index (Phi) is 5.24. The van der Waals surface area contributed by atoms with Gasteiger partial charge in [-0.15, -0.1) is 0 Å². The fraction of sp³-hybridized carbons (Fsp3) is 0.0455. The molecule has 0 aliphatic heterocycles. The Balaban J connectivity index is 2.00. The Hall–Kier alpha value is -3.29. The lowest BCUT2D eigenvalue weighted by Crippen LogP contribution is -2.16. The molecule has 0 saturated heterocycles. The highest BCUT2D eigenvalue weighted by molar-refractivity contribution is 7.23. The summed E-state index contributed by atoms with van der Waals surface area (Å²) in [4.78, 5) is 38.2. The van der Waals surface area contributed by atoms with Gasteiger partial charge in [0.15, 0.2) is 5.78 Å². The van der Waals surface area contributed by atoms with E-state index in [4.69, 9.17) is 11.6 Å². The lowest BCUT2D eigenvalue weighted by molar-refractivity contribution is -0.114. The number of halogens is 2. The molecule has 5 nitrogen and oxygen atoms in total. The monoisotopic (exact) mass is 440 g/mol. The van der Waals surface area contributed by atoms with Crippen molar-refractivity contribution in [1.29, 1.82) is 0 Å². The highest BCUT2D eigenvalue weighted by atomic mass is 35.5. The first kappa shape index (κ1) is 20.0. The molecule has 8 heteroatoms. The zero-order valence-corrected chi connectivity index (χ0v) is 17.2. The van der Waals surface area contributed by atoms with Crippen LogP contribution in [-0.2, 0) is 4.79 Å². The average Bonchev–Trinajstić information content (AvgIpc) is 3.07. The summed E-state index contributed by atoms with van der Waals surface area (Å²) in [5, 5.41) is 3.30. The van der Waals surface area contributed by atoms with Gasteiger partial charge in [0.05, 0.1) is 16.3 Å². The minimum absolute atomic E-state index is 0.171. The van der Waals surface area contributed by atoms with Crippen LogP contribution in [0.4, 0.5) is 9.39 Å². The van der Waals surface area contributed by atoms with Crippen molar-refractivity contribution in [3.05, 3.63) is 93.0 Å². The summed E-state index contributed by atoms with van der Waals surface area (Å²) in [7, 11) is 0. The highest BCUT2D eigenvalue weighted by Gasteiger charge is 2.24. The van der Waals surface area contributed by atoms with Gasteiger partial charge in [-0.05, 0) is 36.4 Å². The fourth-order valence-electron chi connectivity index (χ4n) is 3.16. The number of aromatic nitrogens is 1. The van der Waals surface area contributed by atoms with Crippen LogP contribution in [0, 0.1) is 5.82 Å². The van der Waals surface area contributed by atoms with Crippen LogP contribution in [0.3, 0.4) is 0 Å². The first-order valence-electron chi connectivity index (χ1n) is 8.88. The van der Waals surface area contributed by atoms with Crippen LogP contribution in [0.25, 0.3) is 15.9 Å². The summed E-state index contributed by atoms with van der Waals surface area (Å²) in [6, 6.07) is 15.6. The van der Waals surface area contributed by atoms with Crippen molar-refractivity contribution in [3.8, 4) is 5.69 Å². The molecule has 0 spiro atoms. The van der Waals surface area contributed by atoms with Gasteiger partial charge >= 0.3 is 0 Å². The van der Waals surface area contributed by atoms with Gasteiger partial charge in [-0.3, -0.25) is 19.0 Å². The number of hydrogen-bond donors (Lipinski definition) is 1. The molecule has 0 atom stereocenters. The number of hydrogen-bond acceptors (Lipinski definition) is 4. The summed E-state index contributed by atoms with van der Waals surface area (Å²) in [6.45, 7) is 1.33. The van der Waals surface area contributed by atoms with Crippen molar-refractivity contribution >= 4 is 49.8 Å². The summed E-state index contributed by atoms with van der Waals surface area (Å²) < 4.78 is 15.0. The molecule has 0 unspecified atom stereocenters. The number of ketones is 1. The van der Waals surface area contributed by atoms with Crippen LogP contribution in [0.5, 0.6) is 0 Å². The molecule has 2 aromatic heterocycles. The Morgan fingerprint density at radius 1 is 1.07 bits per heavy atom. The predicted molar refractivity (Wildman–Crippen MR) is 117 cm³/mol. The van der Waals surface area contributed by atoms with Crippen molar-refractivity contribution < 1.29 is 14.0 Å². The molecule has 2 aromatic carbocycles. The molecule has 0 saturated carbocycles. The van der Waals surface area contributed by atoms with Crippen LogP contribution in [0.2, 0.25) is 5.02 Å². The van der Waals surface area contributed by atoms with Gasteiger partial charge in [-0.2, -0.15) is 0 Å². The number of carbonyl (C=O) groups excluding carboxylic acids is 2. The molecule has 4 aromatic rings. The summed E-state index contributed by atoms with van der Waals surface area (Å²) in [5.74, 6) is -1.44. The second-order valence-corrected chi connectivity index (χ2v) is 7.91. The number of benzene rings is 2. The summed E-state index contributed by atoms with van der Waals surface area (Å²) in [6.07, 6.45) is 0. The van der Waals surface area contributed by atoms with Crippen molar-refractivity contribution in [2.45, 2.75) is 6.92 Å². The number of pyridine rings is 1. The van der Waals surface area contributed by atoms with Crippen LogP contribution in [0.15, 0.2) is 65.5 Å². The fourth-order valence-corrected chi connectivity index (χ4v) is 4.60. The van der Waals surface area contributed by atoms with Gasteiger partial charge in [0.1, 0.15) is 15.6 Å².